The standard InChI is InChI=1S/C8H9BrN2O2S2/c1-6(4-10)15(12,13)11-5-8-7(9)2-3-14-8/h2-3,6,11H,5H2,1H3. The van der Waals surface area contributed by atoms with Crippen molar-refractivity contribution in [2.45, 2.75) is 18.7 Å². The van der Waals surface area contributed by atoms with E-state index in [-0.39, 0.29) is 6.54 Å². The Labute approximate surface area is 101 Å². The molecule has 0 saturated carbocycles. The van der Waals surface area contributed by atoms with E-state index in [1.807, 2.05) is 11.4 Å². The minimum atomic E-state index is -3.53. The topological polar surface area (TPSA) is 70.0 Å². The van der Waals surface area contributed by atoms with Gasteiger partial charge in [0.1, 0.15) is 0 Å². The van der Waals surface area contributed by atoms with E-state index in [9.17, 15) is 8.42 Å². The summed E-state index contributed by atoms with van der Waals surface area (Å²) in [6.45, 7) is 1.57. The van der Waals surface area contributed by atoms with Gasteiger partial charge >= 0.3 is 0 Å². The average Bonchev–Trinajstić information content (AvgIpc) is 2.60. The summed E-state index contributed by atoms with van der Waals surface area (Å²) in [7, 11) is -3.53. The Bertz CT molecular complexity index is 475. The van der Waals surface area contributed by atoms with Gasteiger partial charge in [0.05, 0.1) is 6.07 Å². The Morgan fingerprint density at radius 3 is 2.87 bits per heavy atom. The lowest BCUT2D eigenvalue weighted by molar-refractivity contribution is 0.577. The second-order valence-electron chi connectivity index (χ2n) is 2.83. The molecule has 1 aromatic rings. The molecule has 0 bridgehead atoms. The first-order chi connectivity index (χ1) is 6.97. The first-order valence-electron chi connectivity index (χ1n) is 4.07. The highest BCUT2D eigenvalue weighted by Gasteiger charge is 2.19. The summed E-state index contributed by atoms with van der Waals surface area (Å²) in [5.41, 5.74) is 0. The van der Waals surface area contributed by atoms with Crippen molar-refractivity contribution in [1.82, 2.24) is 4.72 Å². The van der Waals surface area contributed by atoms with Gasteiger partial charge in [-0.3, -0.25) is 0 Å². The van der Waals surface area contributed by atoms with Crippen LogP contribution in [-0.2, 0) is 16.6 Å². The van der Waals surface area contributed by atoms with Crippen LogP contribution in [0.25, 0.3) is 0 Å². The van der Waals surface area contributed by atoms with E-state index in [2.05, 4.69) is 20.7 Å². The highest BCUT2D eigenvalue weighted by molar-refractivity contribution is 9.10. The van der Waals surface area contributed by atoms with Crippen molar-refractivity contribution >= 4 is 37.3 Å². The third-order valence-corrected chi connectivity index (χ3v) is 5.28. The third-order valence-electron chi connectivity index (χ3n) is 1.77. The van der Waals surface area contributed by atoms with E-state index in [1.165, 1.54) is 18.3 Å². The second-order valence-corrected chi connectivity index (χ2v) is 6.77. The highest BCUT2D eigenvalue weighted by atomic mass is 79.9. The van der Waals surface area contributed by atoms with Gasteiger partial charge in [0.25, 0.3) is 0 Å². The van der Waals surface area contributed by atoms with Crippen LogP contribution in [0.4, 0.5) is 0 Å². The molecule has 0 amide bonds. The third kappa shape index (κ3) is 3.28. The number of hydrogen-bond donors (Lipinski definition) is 1. The van der Waals surface area contributed by atoms with E-state index in [4.69, 9.17) is 5.26 Å². The number of nitrogens with zero attached hydrogens (tertiary/aromatic N) is 1. The molecule has 7 heteroatoms. The predicted octanol–water partition coefficient (Wildman–Crippen LogP) is 1.84. The maximum Gasteiger partial charge on any atom is 0.228 e. The van der Waals surface area contributed by atoms with Crippen LogP contribution in [0, 0.1) is 11.3 Å². The van der Waals surface area contributed by atoms with Gasteiger partial charge in [-0.05, 0) is 34.3 Å². The molecule has 0 radical (unpaired) electrons. The number of hydrogen-bond acceptors (Lipinski definition) is 4. The normalized spacial score (nSPS) is 13.4. The quantitative estimate of drug-likeness (QED) is 0.922. The fourth-order valence-corrected chi connectivity index (χ4v) is 3.07. The molecule has 1 N–H and O–H groups in total. The van der Waals surface area contributed by atoms with E-state index in [0.717, 1.165) is 9.35 Å². The van der Waals surface area contributed by atoms with E-state index in [0.29, 0.717) is 0 Å². The Balaban J connectivity index is 2.67. The molecule has 15 heavy (non-hydrogen) atoms. The van der Waals surface area contributed by atoms with Gasteiger partial charge in [-0.15, -0.1) is 11.3 Å². The lowest BCUT2D eigenvalue weighted by Crippen LogP contribution is -2.31. The molecule has 4 nitrogen and oxygen atoms in total. The van der Waals surface area contributed by atoms with Crippen molar-refractivity contribution in [3.63, 3.8) is 0 Å². The van der Waals surface area contributed by atoms with Crippen LogP contribution in [0.1, 0.15) is 11.8 Å². The van der Waals surface area contributed by atoms with Gasteiger partial charge in [-0.1, -0.05) is 0 Å². The summed E-state index contributed by atoms with van der Waals surface area (Å²) in [4.78, 5) is 0.892. The van der Waals surface area contributed by atoms with Gasteiger partial charge in [0, 0.05) is 15.9 Å². The van der Waals surface area contributed by atoms with Gasteiger partial charge < -0.3 is 0 Å². The minimum absolute atomic E-state index is 0.215. The Morgan fingerprint density at radius 1 is 1.73 bits per heavy atom. The molecule has 1 rings (SSSR count). The molecule has 82 valence electrons. The van der Waals surface area contributed by atoms with Crippen LogP contribution in [0.5, 0.6) is 0 Å². The van der Waals surface area contributed by atoms with Crippen LogP contribution in [0.15, 0.2) is 15.9 Å². The maximum absolute atomic E-state index is 11.4. The Kier molecular flexibility index (Phi) is 4.28. The first kappa shape index (κ1) is 12.6. The number of nitrogens with one attached hydrogen (secondary N) is 1. The molecule has 0 fully saturated rings. The van der Waals surface area contributed by atoms with Crippen molar-refractivity contribution < 1.29 is 8.42 Å². The van der Waals surface area contributed by atoms with Gasteiger partial charge in [-0.25, -0.2) is 13.1 Å². The summed E-state index contributed by atoms with van der Waals surface area (Å²) >= 11 is 4.75. The minimum Gasteiger partial charge on any atom is -0.211 e. The van der Waals surface area contributed by atoms with Crippen molar-refractivity contribution in [2.75, 3.05) is 0 Å². The molecule has 0 aliphatic carbocycles. The maximum atomic E-state index is 11.4. The molecule has 1 heterocycles. The largest absolute Gasteiger partial charge is 0.228 e. The highest BCUT2D eigenvalue weighted by Crippen LogP contribution is 2.22. The lowest BCUT2D eigenvalue weighted by Gasteiger charge is -2.06. The average molecular weight is 309 g/mol. The van der Waals surface area contributed by atoms with Crippen LogP contribution < -0.4 is 4.72 Å². The molecule has 0 saturated heterocycles. The number of thiophene rings is 1. The van der Waals surface area contributed by atoms with Crippen molar-refractivity contribution in [2.24, 2.45) is 0 Å². The molecule has 0 aromatic carbocycles. The van der Waals surface area contributed by atoms with Gasteiger partial charge in [0.15, 0.2) is 5.25 Å². The fraction of sp³-hybridized carbons (Fsp3) is 0.375. The molecular formula is C8H9BrN2O2S2. The SMILES string of the molecule is CC(C#N)S(=O)(=O)NCc1sccc1Br. The lowest BCUT2D eigenvalue weighted by atomic mass is 10.5. The fourth-order valence-electron chi connectivity index (χ4n) is 0.812. The zero-order chi connectivity index (χ0) is 11.5. The number of rotatable bonds is 4. The molecular weight excluding hydrogens is 300 g/mol. The van der Waals surface area contributed by atoms with Crippen molar-refractivity contribution in [3.8, 4) is 6.07 Å². The van der Waals surface area contributed by atoms with Gasteiger partial charge in [0.2, 0.25) is 10.0 Å². The van der Waals surface area contributed by atoms with Crippen molar-refractivity contribution in [3.05, 3.63) is 20.8 Å². The van der Waals surface area contributed by atoms with E-state index < -0.39 is 15.3 Å². The van der Waals surface area contributed by atoms with E-state index in [1.54, 1.807) is 6.07 Å². The number of halogens is 1. The van der Waals surface area contributed by atoms with E-state index >= 15 is 0 Å². The van der Waals surface area contributed by atoms with Crippen LogP contribution >= 0.6 is 27.3 Å². The molecule has 1 atom stereocenters. The Hall–Kier alpha value is -0.420. The molecule has 0 spiro atoms. The van der Waals surface area contributed by atoms with Gasteiger partial charge in [-0.2, -0.15) is 5.26 Å². The summed E-state index contributed by atoms with van der Waals surface area (Å²) in [6.07, 6.45) is 0. The molecule has 0 aliphatic heterocycles. The summed E-state index contributed by atoms with van der Waals surface area (Å²) < 4.78 is 26.1. The summed E-state index contributed by atoms with van der Waals surface area (Å²) in [6, 6.07) is 3.54. The molecule has 0 aliphatic rings. The Morgan fingerprint density at radius 2 is 2.40 bits per heavy atom. The van der Waals surface area contributed by atoms with Crippen LogP contribution in [0.3, 0.4) is 0 Å². The van der Waals surface area contributed by atoms with Crippen LogP contribution in [-0.4, -0.2) is 13.7 Å². The monoisotopic (exact) mass is 308 g/mol. The first-order valence-corrected chi connectivity index (χ1v) is 7.29. The molecule has 1 aromatic heterocycles. The summed E-state index contributed by atoms with van der Waals surface area (Å²) in [5, 5.41) is 9.34. The molecule has 1 unspecified atom stereocenters. The summed E-state index contributed by atoms with van der Waals surface area (Å²) in [5.74, 6) is 0. The van der Waals surface area contributed by atoms with Crippen molar-refractivity contribution in [1.29, 1.82) is 5.26 Å². The zero-order valence-corrected chi connectivity index (χ0v) is 11.1. The smallest absolute Gasteiger partial charge is 0.211 e. The predicted molar refractivity (Wildman–Crippen MR) is 62.9 cm³/mol. The zero-order valence-electron chi connectivity index (χ0n) is 7.90. The number of nitriles is 1. The second kappa shape index (κ2) is 5.07. The van der Waals surface area contributed by atoms with Crippen LogP contribution in [0.2, 0.25) is 0 Å². The number of sulfonamides is 1.